The number of fused-ring (bicyclic) bond motifs is 1. The predicted molar refractivity (Wildman–Crippen MR) is 89.1 cm³/mol. The molecular weight excluding hydrogens is 302 g/mol. The fourth-order valence-corrected chi connectivity index (χ4v) is 4.40. The molecule has 0 radical (unpaired) electrons. The Labute approximate surface area is 134 Å². The molecule has 0 spiro atoms. The highest BCUT2D eigenvalue weighted by Gasteiger charge is 2.28. The molecule has 3 rings (SSSR count). The quantitative estimate of drug-likeness (QED) is 0.938. The molecule has 2 aromatic rings. The molecule has 1 aromatic carbocycles. The summed E-state index contributed by atoms with van der Waals surface area (Å²) in [6, 6.07) is 8.65. The van der Waals surface area contributed by atoms with Gasteiger partial charge in [-0.2, -0.15) is 5.10 Å². The third-order valence-corrected chi connectivity index (χ3v) is 5.99. The molecule has 5 heteroatoms. The zero-order valence-electron chi connectivity index (χ0n) is 12.3. The fraction of sp³-hybridized carbons (Fsp3) is 0.438. The Morgan fingerprint density at radius 3 is 2.95 bits per heavy atom. The van der Waals surface area contributed by atoms with E-state index in [1.165, 1.54) is 10.5 Å². The number of nitrogens with zero attached hydrogens (tertiary/aromatic N) is 2. The van der Waals surface area contributed by atoms with Gasteiger partial charge in [0.15, 0.2) is 0 Å². The lowest BCUT2D eigenvalue weighted by Crippen LogP contribution is -2.35. The summed E-state index contributed by atoms with van der Waals surface area (Å²) in [6.07, 6.45) is 1.82. The first-order valence-corrected chi connectivity index (χ1v) is 8.57. The zero-order chi connectivity index (χ0) is 15.0. The first-order chi connectivity index (χ1) is 10.1. The molecule has 2 atom stereocenters. The third kappa shape index (κ3) is 2.85. The van der Waals surface area contributed by atoms with Crippen molar-refractivity contribution in [2.75, 3.05) is 0 Å². The highest BCUT2D eigenvalue weighted by Crippen LogP contribution is 2.38. The highest BCUT2D eigenvalue weighted by atomic mass is 35.5. The van der Waals surface area contributed by atoms with Crippen molar-refractivity contribution in [1.82, 2.24) is 9.78 Å². The van der Waals surface area contributed by atoms with Crippen LogP contribution in [0.25, 0.3) is 0 Å². The standard InChI is InChI=1S/C16H20ClN3S/c1-3-20-13(16(17)10(2)19-20)9-12(18)15-8-11-6-4-5-7-14(11)21-15/h4-7,12,15H,3,8-9,18H2,1-2H3. The Morgan fingerprint density at radius 1 is 1.48 bits per heavy atom. The molecule has 2 heterocycles. The second-order valence-corrected chi connectivity index (χ2v) is 7.16. The normalized spacial score (nSPS) is 18.8. The molecule has 2 N–H and O–H groups in total. The van der Waals surface area contributed by atoms with E-state index < -0.39 is 0 Å². The van der Waals surface area contributed by atoms with Crippen molar-refractivity contribution >= 4 is 23.4 Å². The van der Waals surface area contributed by atoms with Crippen molar-refractivity contribution in [2.24, 2.45) is 5.73 Å². The monoisotopic (exact) mass is 321 g/mol. The van der Waals surface area contributed by atoms with E-state index in [2.05, 4.69) is 36.3 Å². The number of halogens is 1. The molecule has 2 unspecified atom stereocenters. The molecule has 0 amide bonds. The maximum absolute atomic E-state index is 6.47. The first-order valence-electron chi connectivity index (χ1n) is 7.32. The molecule has 0 saturated heterocycles. The van der Waals surface area contributed by atoms with Crippen LogP contribution < -0.4 is 5.73 Å². The van der Waals surface area contributed by atoms with Gasteiger partial charge in [-0.25, -0.2) is 0 Å². The zero-order valence-corrected chi connectivity index (χ0v) is 13.9. The summed E-state index contributed by atoms with van der Waals surface area (Å²) in [4.78, 5) is 1.37. The summed E-state index contributed by atoms with van der Waals surface area (Å²) in [6.45, 7) is 4.86. The molecule has 0 bridgehead atoms. The number of hydrogen-bond donors (Lipinski definition) is 1. The van der Waals surface area contributed by atoms with Gasteiger partial charge in [0.25, 0.3) is 0 Å². The average Bonchev–Trinajstić information content (AvgIpc) is 3.03. The van der Waals surface area contributed by atoms with Gasteiger partial charge in [-0.1, -0.05) is 29.8 Å². The maximum Gasteiger partial charge on any atom is 0.0847 e. The number of thioether (sulfide) groups is 1. The van der Waals surface area contributed by atoms with Crippen LogP contribution in [-0.4, -0.2) is 21.1 Å². The van der Waals surface area contributed by atoms with Crippen LogP contribution in [0.4, 0.5) is 0 Å². The van der Waals surface area contributed by atoms with E-state index in [1.54, 1.807) is 0 Å². The van der Waals surface area contributed by atoms with Crippen LogP contribution in [0.1, 0.15) is 23.9 Å². The molecule has 1 aliphatic rings. The van der Waals surface area contributed by atoms with Crippen molar-refractivity contribution in [3.8, 4) is 0 Å². The Balaban J connectivity index is 1.75. The molecule has 0 saturated carbocycles. The largest absolute Gasteiger partial charge is 0.326 e. The van der Waals surface area contributed by atoms with Crippen LogP contribution in [0.2, 0.25) is 5.02 Å². The summed E-state index contributed by atoms with van der Waals surface area (Å²) in [7, 11) is 0. The first kappa shape index (κ1) is 14.9. The van der Waals surface area contributed by atoms with Gasteiger partial charge in [0, 0.05) is 29.2 Å². The van der Waals surface area contributed by atoms with Gasteiger partial charge in [-0.3, -0.25) is 4.68 Å². The van der Waals surface area contributed by atoms with Crippen LogP contribution in [0, 0.1) is 6.92 Å². The second-order valence-electron chi connectivity index (χ2n) is 5.50. The van der Waals surface area contributed by atoms with Gasteiger partial charge >= 0.3 is 0 Å². The van der Waals surface area contributed by atoms with Crippen molar-refractivity contribution in [2.45, 2.75) is 49.4 Å². The predicted octanol–water partition coefficient (Wildman–Crippen LogP) is 3.45. The van der Waals surface area contributed by atoms with Gasteiger partial charge in [-0.15, -0.1) is 11.8 Å². The van der Waals surface area contributed by atoms with Crippen LogP contribution >= 0.6 is 23.4 Å². The van der Waals surface area contributed by atoms with E-state index in [0.29, 0.717) is 5.25 Å². The van der Waals surface area contributed by atoms with Gasteiger partial charge < -0.3 is 5.73 Å². The number of aromatic nitrogens is 2. The van der Waals surface area contributed by atoms with Crippen molar-refractivity contribution < 1.29 is 0 Å². The summed E-state index contributed by atoms with van der Waals surface area (Å²) < 4.78 is 1.98. The Kier molecular flexibility index (Phi) is 4.29. The smallest absolute Gasteiger partial charge is 0.0847 e. The number of benzene rings is 1. The van der Waals surface area contributed by atoms with E-state index in [1.807, 2.05) is 23.4 Å². The fourth-order valence-electron chi connectivity index (χ4n) is 2.87. The molecule has 21 heavy (non-hydrogen) atoms. The van der Waals surface area contributed by atoms with Crippen molar-refractivity contribution in [3.05, 3.63) is 46.2 Å². The van der Waals surface area contributed by atoms with E-state index in [9.17, 15) is 0 Å². The number of rotatable bonds is 4. The van der Waals surface area contributed by atoms with E-state index in [-0.39, 0.29) is 6.04 Å². The molecule has 1 aliphatic heterocycles. The molecule has 0 aliphatic carbocycles. The minimum Gasteiger partial charge on any atom is -0.326 e. The SMILES string of the molecule is CCn1nc(C)c(Cl)c1CC(N)C1Cc2ccccc2S1. The van der Waals surface area contributed by atoms with Crippen molar-refractivity contribution in [1.29, 1.82) is 0 Å². The van der Waals surface area contributed by atoms with Gasteiger partial charge in [0.1, 0.15) is 0 Å². The van der Waals surface area contributed by atoms with Gasteiger partial charge in [0.2, 0.25) is 0 Å². The second kappa shape index (κ2) is 6.03. The lowest BCUT2D eigenvalue weighted by atomic mass is 10.0. The number of hydrogen-bond acceptors (Lipinski definition) is 3. The Hall–Kier alpha value is -0.970. The molecule has 3 nitrogen and oxygen atoms in total. The van der Waals surface area contributed by atoms with Crippen molar-refractivity contribution in [3.63, 3.8) is 0 Å². The minimum atomic E-state index is 0.0845. The molecular formula is C16H20ClN3S. The van der Waals surface area contributed by atoms with Crippen LogP contribution in [0.5, 0.6) is 0 Å². The summed E-state index contributed by atoms with van der Waals surface area (Å²) >= 11 is 8.28. The topological polar surface area (TPSA) is 43.8 Å². The van der Waals surface area contributed by atoms with Crippen LogP contribution in [0.3, 0.4) is 0 Å². The third-order valence-electron chi connectivity index (χ3n) is 4.03. The lowest BCUT2D eigenvalue weighted by Gasteiger charge is -2.19. The summed E-state index contributed by atoms with van der Waals surface area (Å²) in [5.74, 6) is 0. The number of nitrogens with two attached hydrogens (primary N) is 1. The maximum atomic E-state index is 6.47. The Bertz CT molecular complexity index is 628. The van der Waals surface area contributed by atoms with Gasteiger partial charge in [0.05, 0.1) is 16.4 Å². The van der Waals surface area contributed by atoms with E-state index in [0.717, 1.165) is 35.8 Å². The van der Waals surface area contributed by atoms with Crippen LogP contribution in [0.15, 0.2) is 29.2 Å². The molecule has 0 fully saturated rings. The van der Waals surface area contributed by atoms with E-state index >= 15 is 0 Å². The summed E-state index contributed by atoms with van der Waals surface area (Å²) in [5.41, 5.74) is 9.84. The Morgan fingerprint density at radius 2 is 2.24 bits per heavy atom. The van der Waals surface area contributed by atoms with Gasteiger partial charge in [-0.05, 0) is 31.9 Å². The number of aryl methyl sites for hydroxylation is 2. The molecule has 112 valence electrons. The molecule has 1 aromatic heterocycles. The average molecular weight is 322 g/mol. The lowest BCUT2D eigenvalue weighted by molar-refractivity contribution is 0.564. The van der Waals surface area contributed by atoms with E-state index in [4.69, 9.17) is 17.3 Å². The highest BCUT2D eigenvalue weighted by molar-refractivity contribution is 8.00. The minimum absolute atomic E-state index is 0.0845. The van der Waals surface area contributed by atoms with Crippen LogP contribution in [-0.2, 0) is 19.4 Å². The summed E-state index contributed by atoms with van der Waals surface area (Å²) in [5, 5.41) is 5.66.